The van der Waals surface area contributed by atoms with Gasteiger partial charge in [-0.15, -0.1) is 0 Å². The van der Waals surface area contributed by atoms with Gasteiger partial charge < -0.3 is 10.6 Å². The molecular weight excluding hydrogens is 432 g/mol. The first-order valence-electron chi connectivity index (χ1n) is 9.58. The summed E-state index contributed by atoms with van der Waals surface area (Å²) in [5, 5.41) is 5.84. The van der Waals surface area contributed by atoms with Crippen LogP contribution in [0.1, 0.15) is 12.5 Å². The lowest BCUT2D eigenvalue weighted by Crippen LogP contribution is -2.19. The van der Waals surface area contributed by atoms with Gasteiger partial charge in [-0.1, -0.05) is 48.6 Å². The van der Waals surface area contributed by atoms with E-state index in [0.29, 0.717) is 16.9 Å². The summed E-state index contributed by atoms with van der Waals surface area (Å²) >= 11 is 1.20. The topological polar surface area (TPSA) is 100 Å². The van der Waals surface area contributed by atoms with Gasteiger partial charge in [-0.05, 0) is 54.4 Å². The summed E-state index contributed by atoms with van der Waals surface area (Å²) in [6.45, 7) is 2.07. The quantitative estimate of drug-likeness (QED) is 0.369. The number of nitrogens with one attached hydrogen (secondary N) is 3. The molecule has 0 atom stereocenters. The minimum atomic E-state index is -3.71. The Morgan fingerprint density at radius 1 is 0.935 bits per heavy atom. The highest BCUT2D eigenvalue weighted by Gasteiger charge is 2.16. The van der Waals surface area contributed by atoms with Gasteiger partial charge in [-0.3, -0.25) is 4.72 Å². The largest absolute Gasteiger partial charge is 0.323 e. The SMILES string of the molecule is CCc1ccc(NC(=O)Nc2ccc3nc(NS(=O)(=O)c4ccccc4)sc3c2)cc1. The van der Waals surface area contributed by atoms with Crippen LogP contribution in [0.25, 0.3) is 10.2 Å². The molecule has 9 heteroatoms. The van der Waals surface area contributed by atoms with Crippen LogP contribution in [0.15, 0.2) is 77.7 Å². The number of nitrogens with zero attached hydrogens (tertiary/aromatic N) is 1. The van der Waals surface area contributed by atoms with Gasteiger partial charge in [0.15, 0.2) is 5.13 Å². The average molecular weight is 453 g/mol. The third kappa shape index (κ3) is 5.01. The van der Waals surface area contributed by atoms with Crippen molar-refractivity contribution in [2.75, 3.05) is 15.4 Å². The minimum Gasteiger partial charge on any atom is -0.308 e. The highest BCUT2D eigenvalue weighted by Crippen LogP contribution is 2.30. The summed E-state index contributed by atoms with van der Waals surface area (Å²) in [5.74, 6) is 0. The summed E-state index contributed by atoms with van der Waals surface area (Å²) in [5.41, 5.74) is 3.11. The normalized spacial score (nSPS) is 11.3. The van der Waals surface area contributed by atoms with E-state index in [4.69, 9.17) is 0 Å². The summed E-state index contributed by atoms with van der Waals surface area (Å²) in [6.07, 6.45) is 0.935. The smallest absolute Gasteiger partial charge is 0.308 e. The molecule has 3 aromatic carbocycles. The molecule has 0 aliphatic rings. The van der Waals surface area contributed by atoms with Crippen molar-refractivity contribution in [1.82, 2.24) is 4.98 Å². The van der Waals surface area contributed by atoms with Crippen molar-refractivity contribution < 1.29 is 13.2 Å². The summed E-state index contributed by atoms with van der Waals surface area (Å²) in [4.78, 5) is 16.8. The first-order chi connectivity index (χ1) is 14.9. The highest BCUT2D eigenvalue weighted by molar-refractivity contribution is 7.93. The number of sulfonamides is 1. The van der Waals surface area contributed by atoms with Crippen molar-refractivity contribution in [2.45, 2.75) is 18.2 Å². The third-order valence-corrected chi connectivity index (χ3v) is 6.96. The molecule has 1 aromatic heterocycles. The standard InChI is InChI=1S/C22H20N4O3S2/c1-2-15-8-10-16(11-9-15)23-21(27)24-17-12-13-19-20(14-17)30-22(25-19)26-31(28,29)18-6-4-3-5-7-18/h3-14H,2H2,1H3,(H,25,26)(H2,23,24,27). The van der Waals surface area contributed by atoms with E-state index in [0.717, 1.165) is 11.1 Å². The van der Waals surface area contributed by atoms with Crippen molar-refractivity contribution in [3.63, 3.8) is 0 Å². The lowest BCUT2D eigenvalue weighted by Gasteiger charge is -2.08. The maximum absolute atomic E-state index is 12.5. The molecule has 3 N–H and O–H groups in total. The van der Waals surface area contributed by atoms with Crippen LogP contribution < -0.4 is 15.4 Å². The van der Waals surface area contributed by atoms with Crippen molar-refractivity contribution in [2.24, 2.45) is 0 Å². The Balaban J connectivity index is 1.46. The van der Waals surface area contributed by atoms with Crippen LogP contribution in [0.4, 0.5) is 21.3 Å². The zero-order valence-electron chi connectivity index (χ0n) is 16.6. The number of anilines is 3. The summed E-state index contributed by atoms with van der Waals surface area (Å²) in [7, 11) is -3.71. The van der Waals surface area contributed by atoms with E-state index in [-0.39, 0.29) is 16.1 Å². The van der Waals surface area contributed by atoms with Crippen molar-refractivity contribution >= 4 is 54.1 Å². The number of rotatable bonds is 6. The first-order valence-corrected chi connectivity index (χ1v) is 11.9. The number of hydrogen-bond donors (Lipinski definition) is 3. The molecule has 0 saturated heterocycles. The van der Waals surface area contributed by atoms with Gasteiger partial charge in [0, 0.05) is 11.4 Å². The highest BCUT2D eigenvalue weighted by atomic mass is 32.2. The number of amides is 2. The summed E-state index contributed by atoms with van der Waals surface area (Å²) in [6, 6.07) is 20.6. The maximum Gasteiger partial charge on any atom is 0.323 e. The van der Waals surface area contributed by atoms with Crippen LogP contribution in [0.3, 0.4) is 0 Å². The van der Waals surface area contributed by atoms with Crippen molar-refractivity contribution in [3.8, 4) is 0 Å². The van der Waals surface area contributed by atoms with Gasteiger partial charge in [0.1, 0.15) is 0 Å². The van der Waals surface area contributed by atoms with Gasteiger partial charge >= 0.3 is 6.03 Å². The molecule has 0 unspecified atom stereocenters. The second kappa shape index (κ2) is 8.75. The Kier molecular flexibility index (Phi) is 5.88. The fourth-order valence-corrected chi connectivity index (χ4v) is 5.10. The molecule has 7 nitrogen and oxygen atoms in total. The molecule has 0 fully saturated rings. The van der Waals surface area contributed by atoms with Crippen LogP contribution in [0.5, 0.6) is 0 Å². The number of benzene rings is 3. The van der Waals surface area contributed by atoms with Gasteiger partial charge in [0.25, 0.3) is 10.0 Å². The number of fused-ring (bicyclic) bond motifs is 1. The zero-order valence-corrected chi connectivity index (χ0v) is 18.3. The van der Waals surface area contributed by atoms with Crippen LogP contribution in [-0.4, -0.2) is 19.4 Å². The molecule has 4 aromatic rings. The van der Waals surface area contributed by atoms with E-state index in [1.807, 2.05) is 24.3 Å². The number of thiazole rings is 1. The Morgan fingerprint density at radius 3 is 2.32 bits per heavy atom. The van der Waals surface area contributed by atoms with Crippen LogP contribution in [0, 0.1) is 0 Å². The van der Waals surface area contributed by atoms with Crippen LogP contribution in [-0.2, 0) is 16.4 Å². The summed E-state index contributed by atoms with van der Waals surface area (Å²) < 4.78 is 28.2. The van der Waals surface area contributed by atoms with Crippen molar-refractivity contribution in [1.29, 1.82) is 0 Å². The van der Waals surface area contributed by atoms with Gasteiger partial charge in [-0.25, -0.2) is 18.2 Å². The lowest BCUT2D eigenvalue weighted by molar-refractivity contribution is 0.262. The molecule has 0 spiro atoms. The van der Waals surface area contributed by atoms with E-state index in [1.54, 1.807) is 36.4 Å². The minimum absolute atomic E-state index is 0.167. The second-order valence-electron chi connectivity index (χ2n) is 6.75. The Morgan fingerprint density at radius 2 is 1.61 bits per heavy atom. The van der Waals surface area contributed by atoms with E-state index in [2.05, 4.69) is 27.3 Å². The molecule has 2 amide bonds. The molecule has 4 rings (SSSR count). The number of carbonyl (C=O) groups excluding carboxylic acids is 1. The lowest BCUT2D eigenvalue weighted by atomic mass is 10.1. The monoisotopic (exact) mass is 452 g/mol. The van der Waals surface area contributed by atoms with Crippen molar-refractivity contribution in [3.05, 3.63) is 78.4 Å². The number of aromatic nitrogens is 1. The van der Waals surface area contributed by atoms with E-state index >= 15 is 0 Å². The second-order valence-corrected chi connectivity index (χ2v) is 9.46. The number of carbonyl (C=O) groups is 1. The average Bonchev–Trinajstić information content (AvgIpc) is 3.15. The molecular formula is C22H20N4O3S2. The van der Waals surface area contributed by atoms with E-state index in [1.165, 1.54) is 29.0 Å². The number of hydrogen-bond acceptors (Lipinski definition) is 5. The van der Waals surface area contributed by atoms with E-state index < -0.39 is 10.0 Å². The molecule has 158 valence electrons. The molecule has 1 heterocycles. The molecule has 0 bridgehead atoms. The molecule has 0 aliphatic heterocycles. The van der Waals surface area contributed by atoms with Gasteiger partial charge in [0.05, 0.1) is 15.1 Å². The van der Waals surface area contributed by atoms with Crippen LogP contribution >= 0.6 is 11.3 Å². The zero-order chi connectivity index (χ0) is 21.8. The molecule has 0 saturated carbocycles. The predicted molar refractivity (Wildman–Crippen MR) is 125 cm³/mol. The first kappa shape index (κ1) is 20.8. The van der Waals surface area contributed by atoms with Gasteiger partial charge in [-0.2, -0.15) is 0 Å². The number of urea groups is 1. The Labute approximate surface area is 184 Å². The third-order valence-electron chi connectivity index (χ3n) is 4.54. The van der Waals surface area contributed by atoms with Crippen LogP contribution in [0.2, 0.25) is 0 Å². The van der Waals surface area contributed by atoms with E-state index in [9.17, 15) is 13.2 Å². The fraction of sp³-hybridized carbons (Fsp3) is 0.0909. The fourth-order valence-electron chi connectivity index (χ4n) is 2.94. The molecule has 0 radical (unpaired) electrons. The molecule has 0 aliphatic carbocycles. The predicted octanol–water partition coefficient (Wildman–Crippen LogP) is 5.30. The Hall–Kier alpha value is -3.43. The number of aryl methyl sites for hydroxylation is 1. The van der Waals surface area contributed by atoms with Gasteiger partial charge in [0.2, 0.25) is 0 Å². The molecule has 31 heavy (non-hydrogen) atoms. The Bertz CT molecular complexity index is 1320. The maximum atomic E-state index is 12.5.